The summed E-state index contributed by atoms with van der Waals surface area (Å²) < 4.78 is 96.7. The van der Waals surface area contributed by atoms with E-state index in [1.165, 1.54) is 0 Å². The fourth-order valence-corrected chi connectivity index (χ4v) is 2.83. The highest BCUT2D eigenvalue weighted by atomic mass is 19.4. The van der Waals surface area contributed by atoms with Crippen LogP contribution in [0.2, 0.25) is 0 Å². The maximum Gasteiger partial charge on any atom is 0.435 e. The molecule has 0 amide bonds. The molecule has 3 rings (SSSR count). The zero-order valence-electron chi connectivity index (χ0n) is 14.7. The fourth-order valence-electron chi connectivity index (χ4n) is 2.83. The molecule has 0 unspecified atom stereocenters. The van der Waals surface area contributed by atoms with E-state index in [2.05, 4.69) is 19.8 Å². The molecule has 162 valence electrons. The molecule has 0 fully saturated rings. The van der Waals surface area contributed by atoms with Crippen LogP contribution in [-0.4, -0.2) is 42.5 Å². The number of nitrogens with zero attached hydrogens (tertiary/aromatic N) is 5. The molecule has 8 nitrogen and oxygen atoms in total. The van der Waals surface area contributed by atoms with E-state index in [9.17, 15) is 40.6 Å². The van der Waals surface area contributed by atoms with Gasteiger partial charge >= 0.3 is 12.8 Å². The molecule has 1 N–H and O–H groups in total. The Labute approximate surface area is 161 Å². The van der Waals surface area contributed by atoms with Gasteiger partial charge in [-0.3, -0.25) is 9.36 Å². The van der Waals surface area contributed by atoms with Crippen LogP contribution in [0.3, 0.4) is 0 Å². The summed E-state index contributed by atoms with van der Waals surface area (Å²) in [5, 5.41) is 13.5. The third-order valence-electron chi connectivity index (χ3n) is 3.89. The van der Waals surface area contributed by atoms with E-state index in [0.29, 0.717) is 0 Å². The van der Waals surface area contributed by atoms with Crippen LogP contribution in [0.4, 0.5) is 30.7 Å². The molecule has 0 aromatic carbocycles. The van der Waals surface area contributed by atoms with Crippen LogP contribution < -0.4 is 10.3 Å². The zero-order chi connectivity index (χ0) is 22.4. The van der Waals surface area contributed by atoms with Crippen molar-refractivity contribution in [2.75, 3.05) is 0 Å². The summed E-state index contributed by atoms with van der Waals surface area (Å²) in [6, 6.07) is 0. The van der Waals surface area contributed by atoms with Crippen molar-refractivity contribution in [3.05, 3.63) is 28.4 Å². The first-order valence-electron chi connectivity index (χ1n) is 7.87. The molecule has 0 aliphatic rings. The standard InChI is InChI=1S/C15H10F7N5O3/c1-26-13(30-14(18)19)7(10(25-26)15(20,21)22)6-9(28)8-11(24-3-2-23-8)27(12(6)29)4-5(16)17/h2-3,5,14,28H,4H2,1H3. The average molecular weight is 441 g/mol. The topological polar surface area (TPSA) is 95.1 Å². The summed E-state index contributed by atoms with van der Waals surface area (Å²) in [4.78, 5) is 20.1. The second-order valence-corrected chi connectivity index (χ2v) is 5.79. The maximum atomic E-state index is 13.5. The van der Waals surface area contributed by atoms with Crippen LogP contribution in [0.5, 0.6) is 11.6 Å². The molecule has 0 saturated heterocycles. The minimum Gasteiger partial charge on any atom is -0.505 e. The summed E-state index contributed by atoms with van der Waals surface area (Å²) in [5.74, 6) is -2.40. The Bertz CT molecular complexity index is 1160. The minimum atomic E-state index is -5.28. The van der Waals surface area contributed by atoms with Gasteiger partial charge in [0.15, 0.2) is 17.1 Å². The van der Waals surface area contributed by atoms with Gasteiger partial charge in [-0.25, -0.2) is 23.4 Å². The largest absolute Gasteiger partial charge is 0.505 e. The molecule has 0 atom stereocenters. The molecule has 30 heavy (non-hydrogen) atoms. The molecule has 0 spiro atoms. The van der Waals surface area contributed by atoms with Gasteiger partial charge in [0.2, 0.25) is 5.88 Å². The number of halogens is 7. The average Bonchev–Trinajstić information content (AvgIpc) is 2.95. The molecule has 0 aliphatic carbocycles. The van der Waals surface area contributed by atoms with Crippen LogP contribution in [0.25, 0.3) is 22.3 Å². The minimum absolute atomic E-state index is 0.279. The Kier molecular flexibility index (Phi) is 5.30. The first-order valence-corrected chi connectivity index (χ1v) is 7.87. The summed E-state index contributed by atoms with van der Waals surface area (Å²) in [6.45, 7) is -4.93. The number of hydrogen-bond acceptors (Lipinski definition) is 6. The molecule has 3 aromatic rings. The molecule has 3 heterocycles. The Balaban J connectivity index is 2.50. The number of rotatable bonds is 5. The van der Waals surface area contributed by atoms with Gasteiger partial charge in [-0.15, -0.1) is 0 Å². The first kappa shape index (κ1) is 21.3. The van der Waals surface area contributed by atoms with E-state index in [1.54, 1.807) is 0 Å². The Morgan fingerprint density at radius 1 is 1.13 bits per heavy atom. The molecule has 3 aromatic heterocycles. The number of pyridine rings is 1. The summed E-state index contributed by atoms with van der Waals surface area (Å²) in [5.41, 5.74) is -7.13. The van der Waals surface area contributed by atoms with Gasteiger partial charge in [0, 0.05) is 19.4 Å². The maximum absolute atomic E-state index is 13.5. The molecule has 15 heteroatoms. The van der Waals surface area contributed by atoms with E-state index in [-0.39, 0.29) is 9.25 Å². The van der Waals surface area contributed by atoms with Crippen molar-refractivity contribution in [2.24, 2.45) is 7.05 Å². The van der Waals surface area contributed by atoms with Crippen LogP contribution in [0.15, 0.2) is 17.2 Å². The Morgan fingerprint density at radius 3 is 2.33 bits per heavy atom. The number of aryl methyl sites for hydroxylation is 1. The highest BCUT2D eigenvalue weighted by Gasteiger charge is 2.42. The summed E-state index contributed by atoms with van der Waals surface area (Å²) in [7, 11) is 0.825. The van der Waals surface area contributed by atoms with Crippen molar-refractivity contribution in [3.63, 3.8) is 0 Å². The van der Waals surface area contributed by atoms with Crippen molar-refractivity contribution in [1.82, 2.24) is 24.3 Å². The van der Waals surface area contributed by atoms with E-state index in [4.69, 9.17) is 0 Å². The van der Waals surface area contributed by atoms with Crippen molar-refractivity contribution in [3.8, 4) is 22.8 Å². The normalized spacial score (nSPS) is 12.3. The highest BCUT2D eigenvalue weighted by molar-refractivity contribution is 5.89. The predicted molar refractivity (Wildman–Crippen MR) is 85.3 cm³/mol. The molecular formula is C15H10F7N5O3. The van der Waals surface area contributed by atoms with Crippen LogP contribution >= 0.6 is 0 Å². The van der Waals surface area contributed by atoms with Gasteiger partial charge < -0.3 is 9.84 Å². The molecular weight excluding hydrogens is 431 g/mol. The smallest absolute Gasteiger partial charge is 0.435 e. The van der Waals surface area contributed by atoms with E-state index in [1.807, 2.05) is 0 Å². The lowest BCUT2D eigenvalue weighted by molar-refractivity contribution is -0.141. The SMILES string of the molecule is Cn1nc(C(F)(F)F)c(-c2c(O)c3nccnc3n(CC(F)F)c2=O)c1OC(F)F. The Hall–Kier alpha value is -3.39. The van der Waals surface area contributed by atoms with Crippen molar-refractivity contribution in [1.29, 1.82) is 0 Å². The number of ether oxygens (including phenoxy) is 1. The van der Waals surface area contributed by atoms with E-state index in [0.717, 1.165) is 19.4 Å². The lowest BCUT2D eigenvalue weighted by atomic mass is 10.0. The zero-order valence-corrected chi connectivity index (χ0v) is 14.7. The highest BCUT2D eigenvalue weighted by Crippen LogP contribution is 2.44. The van der Waals surface area contributed by atoms with E-state index >= 15 is 0 Å². The van der Waals surface area contributed by atoms with Crippen LogP contribution in [-0.2, 0) is 19.8 Å². The lowest BCUT2D eigenvalue weighted by Gasteiger charge is -2.15. The van der Waals surface area contributed by atoms with Gasteiger partial charge in [0.05, 0.1) is 17.7 Å². The van der Waals surface area contributed by atoms with Crippen LogP contribution in [0, 0.1) is 0 Å². The van der Waals surface area contributed by atoms with Gasteiger partial charge in [0.25, 0.3) is 12.0 Å². The van der Waals surface area contributed by atoms with Gasteiger partial charge in [-0.1, -0.05) is 0 Å². The number of fused-ring (bicyclic) bond motifs is 1. The quantitative estimate of drug-likeness (QED) is 0.612. The summed E-state index contributed by atoms with van der Waals surface area (Å²) in [6.07, 6.45) is -6.44. The third kappa shape index (κ3) is 3.61. The second kappa shape index (κ2) is 7.46. The molecule has 0 aliphatic heterocycles. The number of aromatic nitrogens is 5. The lowest BCUT2D eigenvalue weighted by Crippen LogP contribution is -2.27. The van der Waals surface area contributed by atoms with E-state index < -0.39 is 70.9 Å². The van der Waals surface area contributed by atoms with Crippen molar-refractivity contribution >= 4 is 11.2 Å². The molecule has 0 saturated carbocycles. The fraction of sp³-hybridized carbons (Fsp3) is 0.333. The number of aromatic hydroxyl groups is 1. The monoisotopic (exact) mass is 441 g/mol. The molecule has 0 radical (unpaired) electrons. The third-order valence-corrected chi connectivity index (χ3v) is 3.89. The van der Waals surface area contributed by atoms with Crippen molar-refractivity contribution < 1.29 is 40.6 Å². The van der Waals surface area contributed by atoms with Crippen molar-refractivity contribution in [2.45, 2.75) is 25.8 Å². The predicted octanol–water partition coefficient (Wildman–Crippen LogP) is 2.78. The van der Waals surface area contributed by atoms with Gasteiger partial charge in [0.1, 0.15) is 5.52 Å². The number of alkyl halides is 7. The summed E-state index contributed by atoms with van der Waals surface area (Å²) >= 11 is 0. The Morgan fingerprint density at radius 2 is 1.77 bits per heavy atom. The first-order chi connectivity index (χ1) is 13.9. The number of hydrogen-bond donors (Lipinski definition) is 1. The molecule has 0 bridgehead atoms. The van der Waals surface area contributed by atoms with Gasteiger partial charge in [-0.2, -0.15) is 27.1 Å². The van der Waals surface area contributed by atoms with Gasteiger partial charge in [-0.05, 0) is 0 Å². The second-order valence-electron chi connectivity index (χ2n) is 5.79. The van der Waals surface area contributed by atoms with Crippen LogP contribution in [0.1, 0.15) is 5.69 Å².